The lowest BCUT2D eigenvalue weighted by molar-refractivity contribution is 0.585. The van der Waals surface area contributed by atoms with Crippen LogP contribution in [-0.4, -0.2) is 8.35 Å². The fourth-order valence-electron chi connectivity index (χ4n) is 1.12. The van der Waals surface area contributed by atoms with Crippen molar-refractivity contribution in [1.29, 1.82) is 0 Å². The Bertz CT molecular complexity index is 286. The van der Waals surface area contributed by atoms with Gasteiger partial charge in [-0.25, -0.2) is 0 Å². The van der Waals surface area contributed by atoms with Crippen LogP contribution in [0.1, 0.15) is 5.56 Å². The fourth-order valence-corrected chi connectivity index (χ4v) is 1.99. The monoisotopic (exact) mass is 212 g/mol. The highest BCUT2D eigenvalue weighted by Gasteiger charge is 2.04. The van der Waals surface area contributed by atoms with Crippen molar-refractivity contribution in [3.63, 3.8) is 0 Å². The molecule has 0 fully saturated rings. The Morgan fingerprint density at radius 2 is 2.23 bits per heavy atom. The molecule has 13 heavy (non-hydrogen) atoms. The van der Waals surface area contributed by atoms with Gasteiger partial charge in [-0.2, -0.15) is 0 Å². The molecule has 0 saturated carbocycles. The number of hydrogen-bond acceptors (Lipinski definition) is 1. The Labute approximate surface area is 85.4 Å². The zero-order valence-corrected chi connectivity index (χ0v) is 9.58. The lowest BCUT2D eigenvalue weighted by Crippen LogP contribution is -2.09. The number of hydrogen-bond donors (Lipinski definition) is 0. The van der Waals surface area contributed by atoms with Crippen LogP contribution in [0.15, 0.2) is 36.9 Å². The normalized spacial score (nSPS) is 12.2. The van der Waals surface area contributed by atoms with Crippen molar-refractivity contribution in [2.24, 2.45) is 0 Å². The van der Waals surface area contributed by atoms with Gasteiger partial charge in [0.1, 0.15) is 5.75 Å². The van der Waals surface area contributed by atoms with Gasteiger partial charge in [0.05, 0.1) is 0 Å². The summed E-state index contributed by atoms with van der Waals surface area (Å²) in [6.45, 7) is 5.64. The average molecular weight is 213 g/mol. The molecule has 0 amide bonds. The molecule has 1 aromatic rings. The third-order valence-corrected chi connectivity index (χ3v) is 2.47. The van der Waals surface area contributed by atoms with Crippen LogP contribution in [0.4, 0.5) is 0 Å². The summed E-state index contributed by atoms with van der Waals surface area (Å²) in [4.78, 5) is 0. The highest BCUT2D eigenvalue weighted by Crippen LogP contribution is 2.19. The molecule has 70 valence electrons. The topological polar surface area (TPSA) is 9.23 Å². The largest absolute Gasteiger partial charge is 0.532 e. The molecular formula is C10H13ClOSi. The molecule has 1 nitrogen and oxygen atoms in total. The molecule has 0 heterocycles. The van der Waals surface area contributed by atoms with E-state index in [4.69, 9.17) is 15.5 Å². The Hall–Kier alpha value is -0.733. The Morgan fingerprint density at radius 1 is 1.54 bits per heavy atom. The van der Waals surface area contributed by atoms with Crippen molar-refractivity contribution in [1.82, 2.24) is 0 Å². The second-order valence-corrected chi connectivity index (χ2v) is 5.93. The maximum absolute atomic E-state index is 5.88. The lowest BCUT2D eigenvalue weighted by atomic mass is 10.1. The number of benzene rings is 1. The van der Waals surface area contributed by atoms with Gasteiger partial charge in [0.15, 0.2) is 0 Å². The molecule has 0 saturated heterocycles. The van der Waals surface area contributed by atoms with Crippen LogP contribution >= 0.6 is 11.1 Å². The van der Waals surface area contributed by atoms with Gasteiger partial charge < -0.3 is 4.43 Å². The molecule has 0 aromatic heterocycles. The molecule has 1 unspecified atom stereocenters. The van der Waals surface area contributed by atoms with Gasteiger partial charge in [-0.3, -0.25) is 0 Å². The third-order valence-electron chi connectivity index (χ3n) is 1.63. The van der Waals surface area contributed by atoms with Gasteiger partial charge in [0, 0.05) is 0 Å². The predicted octanol–water partition coefficient (Wildman–Crippen LogP) is 2.88. The molecule has 1 aromatic carbocycles. The van der Waals surface area contributed by atoms with E-state index >= 15 is 0 Å². The van der Waals surface area contributed by atoms with Crippen LogP contribution in [-0.2, 0) is 6.42 Å². The van der Waals surface area contributed by atoms with Crippen LogP contribution in [0.3, 0.4) is 0 Å². The molecule has 0 bridgehead atoms. The van der Waals surface area contributed by atoms with Crippen molar-refractivity contribution in [3.05, 3.63) is 42.5 Å². The molecule has 0 aliphatic rings. The molecule has 0 spiro atoms. The standard InChI is InChI=1S/C10H13ClOSi/c1-3-6-9-7-4-5-8-10(9)12-13(2)11/h3-5,7-8,13H,1,6H2,2H3. The summed E-state index contributed by atoms with van der Waals surface area (Å²) >= 11 is 5.88. The third kappa shape index (κ3) is 3.25. The summed E-state index contributed by atoms with van der Waals surface area (Å²) in [5.74, 6) is 0.900. The maximum Gasteiger partial charge on any atom is 0.328 e. The molecule has 1 atom stereocenters. The summed E-state index contributed by atoms with van der Waals surface area (Å²) in [6.07, 6.45) is 2.69. The van der Waals surface area contributed by atoms with Crippen LogP contribution in [0.5, 0.6) is 5.75 Å². The maximum atomic E-state index is 5.88. The zero-order chi connectivity index (χ0) is 9.68. The minimum absolute atomic E-state index is 0.828. The minimum Gasteiger partial charge on any atom is -0.532 e. The van der Waals surface area contributed by atoms with E-state index in [2.05, 4.69) is 6.58 Å². The first-order chi connectivity index (χ1) is 6.24. The first-order valence-corrected chi connectivity index (χ1v) is 7.60. The van der Waals surface area contributed by atoms with E-state index in [-0.39, 0.29) is 0 Å². The van der Waals surface area contributed by atoms with Crippen molar-refractivity contribution >= 4 is 19.4 Å². The van der Waals surface area contributed by atoms with Gasteiger partial charge in [0.25, 0.3) is 0 Å². The highest BCUT2D eigenvalue weighted by atomic mass is 35.6. The van der Waals surface area contributed by atoms with E-state index in [0.29, 0.717) is 0 Å². The van der Waals surface area contributed by atoms with Crippen molar-refractivity contribution in [2.75, 3.05) is 0 Å². The van der Waals surface area contributed by atoms with Crippen molar-refractivity contribution in [2.45, 2.75) is 13.0 Å². The smallest absolute Gasteiger partial charge is 0.328 e. The Balaban J connectivity index is 2.83. The first-order valence-electron chi connectivity index (χ1n) is 4.23. The van der Waals surface area contributed by atoms with Gasteiger partial charge in [-0.1, -0.05) is 24.3 Å². The minimum atomic E-state index is -1.51. The summed E-state index contributed by atoms with van der Waals surface area (Å²) < 4.78 is 5.55. The van der Waals surface area contributed by atoms with Crippen molar-refractivity contribution in [3.8, 4) is 5.75 Å². The Morgan fingerprint density at radius 3 is 2.85 bits per heavy atom. The highest BCUT2D eigenvalue weighted by molar-refractivity contribution is 7.02. The number of rotatable bonds is 4. The molecule has 3 heteroatoms. The summed E-state index contributed by atoms with van der Waals surface area (Å²) in [7, 11) is -1.51. The van der Waals surface area contributed by atoms with E-state index in [1.165, 1.54) is 0 Å². The van der Waals surface area contributed by atoms with E-state index in [9.17, 15) is 0 Å². The number of halogens is 1. The van der Waals surface area contributed by atoms with Gasteiger partial charge in [0.2, 0.25) is 0 Å². The summed E-state index contributed by atoms with van der Waals surface area (Å²) in [6, 6.07) is 7.93. The molecule has 0 aliphatic carbocycles. The fraction of sp³-hybridized carbons (Fsp3) is 0.200. The zero-order valence-electron chi connectivity index (χ0n) is 7.66. The predicted molar refractivity (Wildman–Crippen MR) is 59.8 cm³/mol. The van der Waals surface area contributed by atoms with E-state index in [1.54, 1.807) is 0 Å². The lowest BCUT2D eigenvalue weighted by Gasteiger charge is -2.11. The Kier molecular flexibility index (Phi) is 4.06. The van der Waals surface area contributed by atoms with E-state index in [1.807, 2.05) is 36.9 Å². The van der Waals surface area contributed by atoms with Crippen molar-refractivity contribution < 1.29 is 4.43 Å². The first kappa shape index (κ1) is 10.3. The quantitative estimate of drug-likeness (QED) is 0.424. The van der Waals surface area contributed by atoms with Crippen LogP contribution < -0.4 is 4.43 Å². The van der Waals surface area contributed by atoms with Crippen LogP contribution in [0.2, 0.25) is 6.55 Å². The molecule has 0 aliphatic heterocycles. The SMILES string of the molecule is C=CCc1ccccc1O[SiH](C)Cl. The second kappa shape index (κ2) is 5.10. The molecular weight excluding hydrogens is 200 g/mol. The molecule has 0 radical (unpaired) electrons. The number of allylic oxidation sites excluding steroid dienone is 1. The molecule has 1 rings (SSSR count). The summed E-state index contributed by atoms with van der Waals surface area (Å²) in [5.41, 5.74) is 1.15. The van der Waals surface area contributed by atoms with Gasteiger partial charge >= 0.3 is 8.35 Å². The van der Waals surface area contributed by atoms with Gasteiger partial charge in [-0.15, -0.1) is 17.7 Å². The van der Waals surface area contributed by atoms with E-state index in [0.717, 1.165) is 17.7 Å². The average Bonchev–Trinajstić information content (AvgIpc) is 2.08. The molecule has 0 N–H and O–H groups in total. The second-order valence-electron chi connectivity index (χ2n) is 2.76. The number of para-hydroxylation sites is 1. The van der Waals surface area contributed by atoms with Crippen LogP contribution in [0.25, 0.3) is 0 Å². The van der Waals surface area contributed by atoms with Crippen LogP contribution in [0, 0.1) is 0 Å². The van der Waals surface area contributed by atoms with E-state index < -0.39 is 8.35 Å². The summed E-state index contributed by atoms with van der Waals surface area (Å²) in [5, 5.41) is 0. The van der Waals surface area contributed by atoms with Gasteiger partial charge in [-0.05, 0) is 24.6 Å².